The lowest BCUT2D eigenvalue weighted by Crippen LogP contribution is -2.46. The van der Waals surface area contributed by atoms with Crippen molar-refractivity contribution < 1.29 is 23.0 Å². The van der Waals surface area contributed by atoms with Crippen LogP contribution in [0.25, 0.3) is 11.0 Å². The number of aromatic amines is 1. The second-order valence-corrected chi connectivity index (χ2v) is 9.40. The maximum atomic E-state index is 15.4. The van der Waals surface area contributed by atoms with E-state index in [1.807, 2.05) is 18.6 Å². The maximum Gasteiger partial charge on any atom is 0.192 e. The third-order valence-corrected chi connectivity index (χ3v) is 7.44. The van der Waals surface area contributed by atoms with Crippen molar-refractivity contribution in [1.29, 1.82) is 0 Å². The quantitative estimate of drug-likeness (QED) is 0.495. The summed E-state index contributed by atoms with van der Waals surface area (Å²) < 4.78 is 46.5. The highest BCUT2D eigenvalue weighted by molar-refractivity contribution is 7.40. The van der Waals surface area contributed by atoms with Gasteiger partial charge in [-0.25, -0.2) is 13.8 Å². The monoisotopic (exact) mass is 503 g/mol. The molecule has 2 aromatic heterocycles. The van der Waals surface area contributed by atoms with Gasteiger partial charge in [-0.3, -0.25) is 0 Å². The van der Waals surface area contributed by atoms with E-state index < -0.39 is 11.6 Å². The smallest absolute Gasteiger partial charge is 0.192 e. The molecule has 8 nitrogen and oxygen atoms in total. The van der Waals surface area contributed by atoms with Crippen molar-refractivity contribution in [1.82, 2.24) is 15.3 Å². The third-order valence-electron chi connectivity index (χ3n) is 6.50. The van der Waals surface area contributed by atoms with E-state index in [1.165, 1.54) is 20.3 Å². The number of benzene rings is 1. The molecule has 5 rings (SSSR count). The molecule has 4 heterocycles. The van der Waals surface area contributed by atoms with E-state index >= 15 is 8.78 Å². The number of aromatic nitrogens is 2. The summed E-state index contributed by atoms with van der Waals surface area (Å²) >= 11 is 0. The summed E-state index contributed by atoms with van der Waals surface area (Å²) in [5.74, 6) is -1.71. The predicted octanol–water partition coefficient (Wildman–Crippen LogP) is 3.86. The van der Waals surface area contributed by atoms with Gasteiger partial charge in [-0.05, 0) is 19.2 Å². The average molecular weight is 503 g/mol. The SMILES string of the molecule is COc1cc(OC)c(F)c(N2Cc3cnc4[nH]c(CNC5CCOC5)cc4c3N(C)/C2=P/C)c1F. The second-order valence-electron chi connectivity index (χ2n) is 8.56. The molecule has 2 N–H and O–H groups in total. The number of halogens is 2. The molecular formula is C24H28F2N5O3P. The van der Waals surface area contributed by atoms with Crippen molar-refractivity contribution in [3.8, 4) is 11.5 Å². The van der Waals surface area contributed by atoms with Crippen LogP contribution in [0.3, 0.4) is 0 Å². The molecule has 3 aromatic rings. The molecule has 1 atom stereocenters. The molecule has 1 aromatic carbocycles. The summed E-state index contributed by atoms with van der Waals surface area (Å²) in [6, 6.07) is 3.66. The Hall–Kier alpha value is -2.94. The summed E-state index contributed by atoms with van der Waals surface area (Å²) in [5, 5.41) is 4.48. The molecule has 0 radical (unpaired) electrons. The zero-order valence-electron chi connectivity index (χ0n) is 20.1. The van der Waals surface area contributed by atoms with Crippen LogP contribution in [0, 0.1) is 11.6 Å². The predicted molar refractivity (Wildman–Crippen MR) is 134 cm³/mol. The Bertz CT molecular complexity index is 1260. The average Bonchev–Trinajstić information content (AvgIpc) is 3.52. The lowest BCUT2D eigenvalue weighted by Gasteiger charge is -2.39. The zero-order valence-corrected chi connectivity index (χ0v) is 21.0. The number of ether oxygens (including phenoxy) is 3. The van der Waals surface area contributed by atoms with Gasteiger partial charge in [0.1, 0.15) is 16.9 Å². The van der Waals surface area contributed by atoms with Crippen LogP contribution >= 0.6 is 8.20 Å². The summed E-state index contributed by atoms with van der Waals surface area (Å²) in [6.07, 6.45) is 2.76. The largest absolute Gasteiger partial charge is 0.493 e. The molecule has 2 aliphatic heterocycles. The number of H-pyrrole nitrogens is 1. The standard InChI is InChI=1S/C24H28F2N5O3P/c1-30-21-13(9-28-23-16(21)7-15(29-23)10-27-14-5-6-34-12-14)11-31(24(30)35-4)22-19(25)17(32-2)8-18(33-3)20(22)26/h7-9,14,27H,5-6,10-12H2,1-4H3,(H,28,29). The van der Waals surface area contributed by atoms with Gasteiger partial charge in [-0.15, -0.1) is 0 Å². The van der Waals surface area contributed by atoms with Crippen molar-refractivity contribution in [2.45, 2.75) is 25.6 Å². The lowest BCUT2D eigenvalue weighted by atomic mass is 10.1. The zero-order chi connectivity index (χ0) is 24.7. The number of rotatable bonds is 6. The Morgan fingerprint density at radius 2 is 1.94 bits per heavy atom. The van der Waals surface area contributed by atoms with Crippen molar-refractivity contribution in [3.63, 3.8) is 0 Å². The molecule has 0 aliphatic carbocycles. The fraction of sp³-hybridized carbons (Fsp3) is 0.417. The molecule has 11 heteroatoms. The molecule has 0 bridgehead atoms. The molecule has 2 aliphatic rings. The molecule has 0 spiro atoms. The Kier molecular flexibility index (Phi) is 6.53. The number of pyridine rings is 1. The molecule has 1 saturated heterocycles. The highest BCUT2D eigenvalue weighted by Gasteiger charge is 2.34. The molecular weight excluding hydrogens is 475 g/mol. The Morgan fingerprint density at radius 3 is 2.57 bits per heavy atom. The van der Waals surface area contributed by atoms with Crippen LogP contribution in [0.1, 0.15) is 17.7 Å². The van der Waals surface area contributed by atoms with Crippen LogP contribution in [0.2, 0.25) is 0 Å². The van der Waals surface area contributed by atoms with E-state index in [4.69, 9.17) is 14.2 Å². The van der Waals surface area contributed by atoms with Crippen LogP contribution in [0.4, 0.5) is 20.2 Å². The van der Waals surface area contributed by atoms with Crippen molar-refractivity contribution in [2.24, 2.45) is 0 Å². The number of fused-ring (bicyclic) bond motifs is 3. The van der Waals surface area contributed by atoms with Gasteiger partial charge in [0.25, 0.3) is 0 Å². The van der Waals surface area contributed by atoms with E-state index in [9.17, 15) is 0 Å². The number of nitrogens with zero attached hydrogens (tertiary/aromatic N) is 3. The Balaban J connectivity index is 1.55. The molecule has 1 fully saturated rings. The number of anilines is 2. The molecule has 1 unspecified atom stereocenters. The fourth-order valence-electron chi connectivity index (χ4n) is 4.80. The molecule has 186 valence electrons. The number of methoxy groups -OCH3 is 2. The van der Waals surface area contributed by atoms with E-state index in [0.29, 0.717) is 12.6 Å². The first-order chi connectivity index (χ1) is 17.0. The summed E-state index contributed by atoms with van der Waals surface area (Å²) in [4.78, 5) is 11.6. The van der Waals surface area contributed by atoms with E-state index in [1.54, 1.807) is 11.1 Å². The van der Waals surface area contributed by atoms with Gasteiger partial charge in [0.05, 0.1) is 33.1 Å². The normalized spacial score (nSPS) is 19.0. The minimum Gasteiger partial charge on any atom is -0.493 e. The highest BCUT2D eigenvalue weighted by Crippen LogP contribution is 2.42. The summed E-state index contributed by atoms with van der Waals surface area (Å²) in [7, 11) is 5.44. The van der Waals surface area contributed by atoms with Gasteiger partial charge in [-0.2, -0.15) is 0 Å². The first kappa shape index (κ1) is 23.8. The van der Waals surface area contributed by atoms with Gasteiger partial charge in [0.15, 0.2) is 23.1 Å². The highest BCUT2D eigenvalue weighted by atomic mass is 31.1. The van der Waals surface area contributed by atoms with E-state index in [0.717, 1.165) is 61.4 Å². The van der Waals surface area contributed by atoms with Crippen molar-refractivity contribution in [3.05, 3.63) is 41.2 Å². The van der Waals surface area contributed by atoms with Gasteiger partial charge in [0, 0.05) is 55.1 Å². The van der Waals surface area contributed by atoms with Gasteiger partial charge < -0.3 is 34.3 Å². The van der Waals surface area contributed by atoms with Crippen LogP contribution in [0.5, 0.6) is 11.5 Å². The first-order valence-electron chi connectivity index (χ1n) is 11.3. The minimum absolute atomic E-state index is 0.0807. The van der Waals surface area contributed by atoms with Crippen LogP contribution in [-0.4, -0.2) is 62.7 Å². The number of hydrogen-bond donors (Lipinski definition) is 2. The second kappa shape index (κ2) is 9.60. The van der Waals surface area contributed by atoms with Crippen LogP contribution in [0.15, 0.2) is 18.3 Å². The van der Waals surface area contributed by atoms with Crippen LogP contribution in [-0.2, 0) is 17.8 Å². The summed E-state index contributed by atoms with van der Waals surface area (Å²) in [5.41, 5.74) is 4.14. The minimum atomic E-state index is -0.774. The van der Waals surface area contributed by atoms with E-state index in [2.05, 4.69) is 21.4 Å². The first-order valence-corrected chi connectivity index (χ1v) is 12.7. The topological polar surface area (TPSA) is 74.9 Å². The third kappa shape index (κ3) is 4.09. The van der Waals surface area contributed by atoms with E-state index in [-0.39, 0.29) is 23.7 Å². The molecule has 0 amide bonds. The Morgan fingerprint density at radius 1 is 1.20 bits per heavy atom. The van der Waals surface area contributed by atoms with Crippen molar-refractivity contribution >= 4 is 36.2 Å². The Labute approximate surface area is 204 Å². The lowest BCUT2D eigenvalue weighted by molar-refractivity contribution is 0.189. The number of hydrogen-bond acceptors (Lipinski definition) is 5. The summed E-state index contributed by atoms with van der Waals surface area (Å²) in [6.45, 7) is 4.38. The number of nitrogens with one attached hydrogen (secondary N) is 2. The molecule has 35 heavy (non-hydrogen) atoms. The maximum absolute atomic E-state index is 15.4. The van der Waals surface area contributed by atoms with Crippen molar-refractivity contribution in [2.75, 3.05) is 50.9 Å². The van der Waals surface area contributed by atoms with Gasteiger partial charge >= 0.3 is 0 Å². The van der Waals surface area contributed by atoms with Gasteiger partial charge in [-0.1, -0.05) is 8.20 Å². The van der Waals surface area contributed by atoms with Gasteiger partial charge in [0.2, 0.25) is 0 Å². The van der Waals surface area contributed by atoms with Crippen LogP contribution < -0.4 is 24.6 Å². The fourth-order valence-corrected chi connectivity index (χ4v) is 5.61. The molecule has 0 saturated carbocycles.